The van der Waals surface area contributed by atoms with E-state index >= 15 is 0 Å². The van der Waals surface area contributed by atoms with Crippen molar-refractivity contribution in [2.24, 2.45) is 0 Å². The lowest BCUT2D eigenvalue weighted by Crippen LogP contribution is -2.41. The van der Waals surface area contributed by atoms with Crippen LogP contribution in [0.5, 0.6) is 0 Å². The molecule has 0 aromatic carbocycles. The van der Waals surface area contributed by atoms with Crippen LogP contribution in [-0.4, -0.2) is 60.1 Å². The monoisotopic (exact) mass is 214 g/mol. The van der Waals surface area contributed by atoms with Gasteiger partial charge in [-0.1, -0.05) is 6.92 Å². The van der Waals surface area contributed by atoms with Crippen LogP contribution in [0.15, 0.2) is 0 Å². The van der Waals surface area contributed by atoms with Gasteiger partial charge < -0.3 is 14.9 Å². The number of rotatable bonds is 4. The maximum Gasteiger partial charge on any atom is 0.222 e. The summed E-state index contributed by atoms with van der Waals surface area (Å²) >= 11 is 0. The Morgan fingerprint density at radius 2 is 2.20 bits per heavy atom. The summed E-state index contributed by atoms with van der Waals surface area (Å²) in [6.07, 6.45) is 1.85. The van der Waals surface area contributed by atoms with E-state index in [0.29, 0.717) is 19.4 Å². The molecule has 0 spiro atoms. The van der Waals surface area contributed by atoms with E-state index in [1.165, 1.54) is 0 Å². The Bertz CT molecular complexity index is 219. The first-order chi connectivity index (χ1) is 7.04. The Balaban J connectivity index is 2.56. The summed E-state index contributed by atoms with van der Waals surface area (Å²) in [5.41, 5.74) is 0. The van der Waals surface area contributed by atoms with Crippen LogP contribution in [0.1, 0.15) is 26.2 Å². The molecule has 1 saturated heterocycles. The van der Waals surface area contributed by atoms with Gasteiger partial charge in [-0.3, -0.25) is 4.79 Å². The van der Waals surface area contributed by atoms with Crippen molar-refractivity contribution in [1.82, 2.24) is 9.80 Å². The van der Waals surface area contributed by atoms with Gasteiger partial charge in [-0.15, -0.1) is 0 Å². The molecule has 0 bridgehead atoms. The number of carbonyl (C=O) groups excluding carboxylic acids is 1. The normalized spacial score (nSPS) is 26.3. The predicted octanol–water partition coefficient (Wildman–Crippen LogP) is 0.310. The van der Waals surface area contributed by atoms with Gasteiger partial charge in [0.25, 0.3) is 0 Å². The SMILES string of the molecule is CCCC(=O)N1CC(O)CC1CN(C)C. The molecule has 4 heteroatoms. The van der Waals surface area contributed by atoms with Gasteiger partial charge >= 0.3 is 0 Å². The van der Waals surface area contributed by atoms with Crippen molar-refractivity contribution in [3.8, 4) is 0 Å². The Morgan fingerprint density at radius 3 is 2.73 bits per heavy atom. The first-order valence-corrected chi connectivity index (χ1v) is 5.66. The minimum absolute atomic E-state index is 0.181. The summed E-state index contributed by atoms with van der Waals surface area (Å²) in [5.74, 6) is 0.181. The number of likely N-dealkylation sites (N-methyl/N-ethyl adjacent to an activating group) is 1. The summed E-state index contributed by atoms with van der Waals surface area (Å²) in [4.78, 5) is 15.7. The largest absolute Gasteiger partial charge is 0.391 e. The average molecular weight is 214 g/mol. The van der Waals surface area contributed by atoms with Crippen LogP contribution in [0, 0.1) is 0 Å². The van der Waals surface area contributed by atoms with Gasteiger partial charge in [0.2, 0.25) is 5.91 Å². The molecule has 0 aromatic rings. The zero-order chi connectivity index (χ0) is 11.4. The van der Waals surface area contributed by atoms with Gasteiger partial charge in [-0.25, -0.2) is 0 Å². The van der Waals surface area contributed by atoms with E-state index in [9.17, 15) is 9.90 Å². The number of β-amino-alcohol motifs (C(OH)–C–C–N with tert-alkyl or cyclic N) is 1. The summed E-state index contributed by atoms with van der Waals surface area (Å²) in [6.45, 7) is 3.36. The van der Waals surface area contributed by atoms with Crippen LogP contribution < -0.4 is 0 Å². The highest BCUT2D eigenvalue weighted by atomic mass is 16.3. The van der Waals surface area contributed by atoms with E-state index < -0.39 is 0 Å². The molecule has 2 atom stereocenters. The topological polar surface area (TPSA) is 43.8 Å². The zero-order valence-corrected chi connectivity index (χ0v) is 9.94. The number of aliphatic hydroxyl groups is 1. The average Bonchev–Trinajstić information content (AvgIpc) is 2.46. The number of hydrogen-bond donors (Lipinski definition) is 1. The fraction of sp³-hybridized carbons (Fsp3) is 0.909. The number of amides is 1. The molecule has 1 amide bonds. The zero-order valence-electron chi connectivity index (χ0n) is 9.94. The van der Waals surface area contributed by atoms with E-state index in [2.05, 4.69) is 4.90 Å². The van der Waals surface area contributed by atoms with Gasteiger partial charge in [-0.2, -0.15) is 0 Å². The first kappa shape index (κ1) is 12.5. The Kier molecular flexibility index (Phi) is 4.54. The third-order valence-electron chi connectivity index (χ3n) is 2.75. The molecule has 0 saturated carbocycles. The molecule has 15 heavy (non-hydrogen) atoms. The third kappa shape index (κ3) is 3.47. The van der Waals surface area contributed by atoms with Gasteiger partial charge in [-0.05, 0) is 26.9 Å². The second-order valence-corrected chi connectivity index (χ2v) is 4.60. The molecule has 1 heterocycles. The standard InChI is InChI=1S/C11H22N2O2/c1-4-5-11(15)13-8-10(14)6-9(13)7-12(2)3/h9-10,14H,4-8H2,1-3H3. The van der Waals surface area contributed by atoms with Crippen LogP contribution in [-0.2, 0) is 4.79 Å². The van der Waals surface area contributed by atoms with E-state index in [-0.39, 0.29) is 18.1 Å². The quantitative estimate of drug-likeness (QED) is 0.732. The second-order valence-electron chi connectivity index (χ2n) is 4.60. The molecule has 0 radical (unpaired) electrons. The fourth-order valence-electron chi connectivity index (χ4n) is 2.15. The number of carbonyl (C=O) groups is 1. The molecule has 0 aliphatic carbocycles. The highest BCUT2D eigenvalue weighted by Gasteiger charge is 2.33. The maximum absolute atomic E-state index is 11.8. The number of aliphatic hydroxyl groups excluding tert-OH is 1. The molecule has 4 nitrogen and oxygen atoms in total. The lowest BCUT2D eigenvalue weighted by atomic mass is 10.2. The molecular formula is C11H22N2O2. The van der Waals surface area contributed by atoms with Crippen molar-refractivity contribution in [3.05, 3.63) is 0 Å². The number of nitrogens with zero attached hydrogens (tertiary/aromatic N) is 2. The lowest BCUT2D eigenvalue weighted by Gasteiger charge is -2.26. The second kappa shape index (κ2) is 5.47. The van der Waals surface area contributed by atoms with Crippen molar-refractivity contribution in [2.45, 2.75) is 38.3 Å². The Morgan fingerprint density at radius 1 is 1.53 bits per heavy atom. The summed E-state index contributed by atoms with van der Waals surface area (Å²) in [6, 6.07) is 0.189. The van der Waals surface area contributed by atoms with Crippen LogP contribution in [0.4, 0.5) is 0 Å². The molecule has 1 N–H and O–H groups in total. The molecule has 2 unspecified atom stereocenters. The lowest BCUT2D eigenvalue weighted by molar-refractivity contribution is -0.132. The fourth-order valence-corrected chi connectivity index (χ4v) is 2.15. The van der Waals surface area contributed by atoms with Crippen LogP contribution in [0.3, 0.4) is 0 Å². The van der Waals surface area contributed by atoms with Gasteiger partial charge in [0.15, 0.2) is 0 Å². The van der Waals surface area contributed by atoms with Crippen LogP contribution >= 0.6 is 0 Å². The predicted molar refractivity (Wildman–Crippen MR) is 59.6 cm³/mol. The Hall–Kier alpha value is -0.610. The minimum Gasteiger partial charge on any atom is -0.391 e. The van der Waals surface area contributed by atoms with Crippen molar-refractivity contribution in [1.29, 1.82) is 0 Å². The van der Waals surface area contributed by atoms with Gasteiger partial charge in [0.05, 0.1) is 6.10 Å². The summed E-state index contributed by atoms with van der Waals surface area (Å²) < 4.78 is 0. The minimum atomic E-state index is -0.337. The van der Waals surface area contributed by atoms with Crippen molar-refractivity contribution < 1.29 is 9.90 Å². The number of likely N-dealkylation sites (tertiary alicyclic amines) is 1. The molecule has 88 valence electrons. The van der Waals surface area contributed by atoms with Gasteiger partial charge in [0, 0.05) is 25.6 Å². The third-order valence-corrected chi connectivity index (χ3v) is 2.75. The smallest absolute Gasteiger partial charge is 0.222 e. The summed E-state index contributed by atoms with van der Waals surface area (Å²) in [7, 11) is 3.99. The van der Waals surface area contributed by atoms with Gasteiger partial charge in [0.1, 0.15) is 0 Å². The first-order valence-electron chi connectivity index (χ1n) is 5.66. The Labute approximate surface area is 91.9 Å². The number of hydrogen-bond acceptors (Lipinski definition) is 3. The van der Waals surface area contributed by atoms with E-state index in [0.717, 1.165) is 13.0 Å². The molecule has 1 rings (SSSR count). The maximum atomic E-state index is 11.8. The van der Waals surface area contributed by atoms with E-state index in [4.69, 9.17) is 0 Å². The molecular weight excluding hydrogens is 192 g/mol. The molecule has 0 aromatic heterocycles. The van der Waals surface area contributed by atoms with Crippen molar-refractivity contribution in [3.63, 3.8) is 0 Å². The molecule has 1 fully saturated rings. The van der Waals surface area contributed by atoms with Crippen LogP contribution in [0.25, 0.3) is 0 Å². The summed E-state index contributed by atoms with van der Waals surface area (Å²) in [5, 5.41) is 9.59. The van der Waals surface area contributed by atoms with Crippen molar-refractivity contribution >= 4 is 5.91 Å². The van der Waals surface area contributed by atoms with Crippen LogP contribution in [0.2, 0.25) is 0 Å². The highest BCUT2D eigenvalue weighted by Crippen LogP contribution is 2.19. The van der Waals surface area contributed by atoms with Crippen molar-refractivity contribution in [2.75, 3.05) is 27.2 Å². The highest BCUT2D eigenvalue weighted by molar-refractivity contribution is 5.76. The van der Waals surface area contributed by atoms with E-state index in [1.807, 2.05) is 25.9 Å². The molecule has 1 aliphatic heterocycles. The molecule has 1 aliphatic rings. The van der Waals surface area contributed by atoms with E-state index in [1.54, 1.807) is 0 Å².